The van der Waals surface area contributed by atoms with Crippen molar-refractivity contribution >= 4 is 44.7 Å². The van der Waals surface area contributed by atoms with Crippen molar-refractivity contribution in [1.29, 1.82) is 0 Å². The minimum atomic E-state index is -3.93. The normalized spacial score (nSPS) is 21.0. The fourth-order valence-corrected chi connectivity index (χ4v) is 6.21. The van der Waals surface area contributed by atoms with Gasteiger partial charge in [0.25, 0.3) is 10.2 Å². The monoisotopic (exact) mass is 503 g/mol. The van der Waals surface area contributed by atoms with E-state index in [9.17, 15) is 17.6 Å². The predicted molar refractivity (Wildman–Crippen MR) is 124 cm³/mol. The number of amides is 1. The van der Waals surface area contributed by atoms with Gasteiger partial charge in [-0.05, 0) is 50.7 Å². The average molecular weight is 504 g/mol. The van der Waals surface area contributed by atoms with E-state index in [1.54, 1.807) is 11.6 Å². The van der Waals surface area contributed by atoms with E-state index >= 15 is 0 Å². The predicted octanol–water partition coefficient (Wildman–Crippen LogP) is 3.26. The van der Waals surface area contributed by atoms with Gasteiger partial charge in [-0.25, -0.2) is 9.37 Å². The molecule has 0 spiro atoms. The maximum Gasteiger partial charge on any atom is 0.280 e. The summed E-state index contributed by atoms with van der Waals surface area (Å²) in [6.45, 7) is 6.73. The number of anilines is 1. The Morgan fingerprint density at radius 1 is 1.41 bits per heavy atom. The van der Waals surface area contributed by atoms with Crippen molar-refractivity contribution in [3.8, 4) is 0 Å². The van der Waals surface area contributed by atoms with Gasteiger partial charge in [0.2, 0.25) is 5.91 Å². The summed E-state index contributed by atoms with van der Waals surface area (Å²) in [4.78, 5) is 19.6. The van der Waals surface area contributed by atoms with Gasteiger partial charge in [0.15, 0.2) is 0 Å². The highest BCUT2D eigenvalue weighted by Gasteiger charge is 2.43. The van der Waals surface area contributed by atoms with Crippen LogP contribution in [0.3, 0.4) is 0 Å². The van der Waals surface area contributed by atoms with Crippen LogP contribution < -0.4 is 10.0 Å². The molecule has 2 aromatic rings. The molecule has 1 amide bonds. The molecular weight excluding hydrogens is 477 g/mol. The van der Waals surface area contributed by atoms with Gasteiger partial charge in [0.05, 0.1) is 11.1 Å². The lowest BCUT2D eigenvalue weighted by molar-refractivity contribution is -0.120. The Morgan fingerprint density at radius 3 is 2.78 bits per heavy atom. The quantitative estimate of drug-likeness (QED) is 0.547. The number of aromatic nitrogens is 1. The van der Waals surface area contributed by atoms with Crippen molar-refractivity contribution in [2.75, 3.05) is 31.5 Å². The molecule has 0 saturated carbocycles. The van der Waals surface area contributed by atoms with Crippen LogP contribution in [-0.2, 0) is 15.0 Å². The molecular formula is C20H27ClFN5O3S2. The summed E-state index contributed by atoms with van der Waals surface area (Å²) in [6, 6.07) is 2.28. The molecule has 176 valence electrons. The van der Waals surface area contributed by atoms with Crippen molar-refractivity contribution in [3.63, 3.8) is 0 Å². The number of carbonyl (C=O) groups is 1. The average Bonchev–Trinajstić information content (AvgIpc) is 3.29. The number of nitrogens with zero attached hydrogens (tertiary/aromatic N) is 3. The standard InChI is InChI=1S/C20H27ClFN5O3S2/c1-3-26(4-2)9-5-10-27-18(19(28)24-14-6-7-16(22)15(21)12-14)13-17(25-32(27,29)30)20-23-8-11-31-20/h6-8,11-12,17-18,25H,3-5,9-10,13H2,1-2H3,(H,24,28)/t17-,18+/m1/s1. The lowest BCUT2D eigenvalue weighted by atomic mass is 10.1. The zero-order valence-corrected chi connectivity index (χ0v) is 20.3. The molecule has 0 radical (unpaired) electrons. The number of rotatable bonds is 9. The van der Waals surface area contributed by atoms with Crippen LogP contribution in [0.1, 0.15) is 37.7 Å². The Labute approximate surface area is 197 Å². The first-order valence-corrected chi connectivity index (χ1v) is 13.1. The summed E-state index contributed by atoms with van der Waals surface area (Å²) in [5.74, 6) is -1.10. The number of nitrogens with one attached hydrogen (secondary N) is 2. The third-order valence-electron chi connectivity index (χ3n) is 5.39. The fraction of sp³-hybridized carbons (Fsp3) is 0.500. The Balaban J connectivity index is 1.82. The zero-order valence-electron chi connectivity index (χ0n) is 17.9. The second kappa shape index (κ2) is 11.0. The molecule has 8 nitrogen and oxygen atoms in total. The van der Waals surface area contributed by atoms with E-state index in [2.05, 4.69) is 19.9 Å². The molecule has 2 atom stereocenters. The molecule has 3 rings (SSSR count). The van der Waals surface area contributed by atoms with E-state index in [1.165, 1.54) is 27.8 Å². The van der Waals surface area contributed by atoms with E-state index in [0.29, 0.717) is 17.1 Å². The first-order chi connectivity index (χ1) is 15.2. The molecule has 1 aliphatic heterocycles. The van der Waals surface area contributed by atoms with Crippen LogP contribution in [0.15, 0.2) is 29.8 Å². The minimum absolute atomic E-state index is 0.127. The molecule has 0 bridgehead atoms. The highest BCUT2D eigenvalue weighted by Crippen LogP contribution is 2.31. The van der Waals surface area contributed by atoms with Gasteiger partial charge in [0, 0.05) is 23.8 Å². The van der Waals surface area contributed by atoms with Crippen molar-refractivity contribution in [3.05, 3.63) is 45.6 Å². The molecule has 0 unspecified atom stereocenters. The summed E-state index contributed by atoms with van der Waals surface area (Å²) >= 11 is 7.15. The third kappa shape index (κ3) is 6.03. The van der Waals surface area contributed by atoms with Gasteiger partial charge in [-0.15, -0.1) is 11.3 Å². The SMILES string of the molecule is CCN(CC)CCCN1[C@H](C(=O)Nc2ccc(F)c(Cl)c2)C[C@H](c2nccs2)NS1(=O)=O. The van der Waals surface area contributed by atoms with E-state index < -0.39 is 34.0 Å². The molecule has 1 aromatic heterocycles. The van der Waals surface area contributed by atoms with Crippen LogP contribution in [0, 0.1) is 5.82 Å². The van der Waals surface area contributed by atoms with Crippen LogP contribution >= 0.6 is 22.9 Å². The maximum atomic E-state index is 13.5. The molecule has 2 heterocycles. The topological polar surface area (TPSA) is 94.6 Å². The summed E-state index contributed by atoms with van der Waals surface area (Å²) in [6.07, 6.45) is 2.40. The molecule has 1 saturated heterocycles. The van der Waals surface area contributed by atoms with E-state index in [4.69, 9.17) is 11.6 Å². The molecule has 0 aliphatic carbocycles. The van der Waals surface area contributed by atoms with Crippen LogP contribution in [0.2, 0.25) is 5.02 Å². The summed E-state index contributed by atoms with van der Waals surface area (Å²) in [7, 11) is -3.93. The Kier molecular flexibility index (Phi) is 8.59. The highest BCUT2D eigenvalue weighted by molar-refractivity contribution is 7.87. The number of thiazole rings is 1. The molecule has 1 fully saturated rings. The van der Waals surface area contributed by atoms with Crippen molar-refractivity contribution in [1.82, 2.24) is 18.9 Å². The van der Waals surface area contributed by atoms with E-state index in [1.807, 2.05) is 13.8 Å². The smallest absolute Gasteiger partial charge is 0.280 e. The van der Waals surface area contributed by atoms with Crippen LogP contribution in [0.25, 0.3) is 0 Å². The lowest BCUT2D eigenvalue weighted by Gasteiger charge is -2.37. The van der Waals surface area contributed by atoms with Crippen LogP contribution in [-0.4, -0.2) is 60.7 Å². The fourth-order valence-electron chi connectivity index (χ4n) is 3.66. The number of carbonyl (C=O) groups excluding carboxylic acids is 1. The molecule has 12 heteroatoms. The number of hydrogen-bond acceptors (Lipinski definition) is 6. The Morgan fingerprint density at radius 2 is 2.16 bits per heavy atom. The third-order valence-corrected chi connectivity index (χ3v) is 8.21. The lowest BCUT2D eigenvalue weighted by Crippen LogP contribution is -2.58. The van der Waals surface area contributed by atoms with Crippen LogP contribution in [0.4, 0.5) is 10.1 Å². The minimum Gasteiger partial charge on any atom is -0.325 e. The molecule has 32 heavy (non-hydrogen) atoms. The summed E-state index contributed by atoms with van der Waals surface area (Å²) < 4.78 is 43.5. The molecule has 1 aliphatic rings. The number of hydrogen-bond donors (Lipinski definition) is 2. The first kappa shape index (κ1) is 25.0. The van der Waals surface area contributed by atoms with Gasteiger partial charge in [0.1, 0.15) is 16.9 Å². The largest absolute Gasteiger partial charge is 0.325 e. The van der Waals surface area contributed by atoms with Crippen LogP contribution in [0.5, 0.6) is 0 Å². The van der Waals surface area contributed by atoms with Gasteiger partial charge < -0.3 is 10.2 Å². The Bertz CT molecular complexity index is 1020. The number of halogens is 2. The van der Waals surface area contributed by atoms with Crippen molar-refractivity contribution in [2.45, 2.75) is 38.8 Å². The molecule has 2 N–H and O–H groups in total. The summed E-state index contributed by atoms with van der Waals surface area (Å²) in [5, 5.41) is 4.91. The summed E-state index contributed by atoms with van der Waals surface area (Å²) in [5.41, 5.74) is 0.297. The highest BCUT2D eigenvalue weighted by atomic mass is 35.5. The van der Waals surface area contributed by atoms with Crippen molar-refractivity contribution in [2.24, 2.45) is 0 Å². The zero-order chi connectivity index (χ0) is 23.3. The van der Waals surface area contributed by atoms with Gasteiger partial charge in [-0.3, -0.25) is 4.79 Å². The van der Waals surface area contributed by atoms with Crippen molar-refractivity contribution < 1.29 is 17.6 Å². The second-order valence-electron chi connectivity index (χ2n) is 7.41. The van der Waals surface area contributed by atoms with Gasteiger partial charge in [-0.2, -0.15) is 17.4 Å². The van der Waals surface area contributed by atoms with E-state index in [0.717, 1.165) is 25.7 Å². The second-order valence-corrected chi connectivity index (χ2v) is 10.4. The molecule has 1 aromatic carbocycles. The first-order valence-electron chi connectivity index (χ1n) is 10.4. The van der Waals surface area contributed by atoms with Gasteiger partial charge >= 0.3 is 0 Å². The van der Waals surface area contributed by atoms with Gasteiger partial charge in [-0.1, -0.05) is 25.4 Å². The maximum absolute atomic E-state index is 13.5. The van der Waals surface area contributed by atoms with E-state index in [-0.39, 0.29) is 18.0 Å². The number of benzene rings is 1. The Hall–Kier alpha value is -1.63.